The zero-order chi connectivity index (χ0) is 22.3. The summed E-state index contributed by atoms with van der Waals surface area (Å²) < 4.78 is 6.01. The minimum atomic E-state index is -0.113. The van der Waals surface area contributed by atoms with E-state index in [2.05, 4.69) is 65.6 Å². The van der Waals surface area contributed by atoms with Gasteiger partial charge in [0, 0.05) is 51.3 Å². The maximum Gasteiger partial charge on any atom is 0.191 e. The second-order valence-corrected chi connectivity index (χ2v) is 9.07. The lowest BCUT2D eigenvalue weighted by Gasteiger charge is -2.55. The molecule has 1 aliphatic carbocycles. The number of halogens is 1. The molecule has 0 radical (unpaired) electrons. The number of ether oxygens (including phenoxy) is 1. The van der Waals surface area contributed by atoms with Crippen LogP contribution in [0.4, 0.5) is 0 Å². The zero-order valence-corrected chi connectivity index (χ0v) is 22.6. The normalized spacial score (nSPS) is 23.8. The molecule has 0 bridgehead atoms. The lowest BCUT2D eigenvalue weighted by Crippen LogP contribution is -2.65. The molecule has 7 heteroatoms. The number of likely N-dealkylation sites (tertiary alicyclic amines) is 1. The van der Waals surface area contributed by atoms with Crippen LogP contribution in [-0.4, -0.2) is 61.0 Å². The molecule has 2 unspecified atom stereocenters. The van der Waals surface area contributed by atoms with Crippen LogP contribution in [-0.2, 0) is 17.8 Å². The van der Waals surface area contributed by atoms with Gasteiger partial charge in [-0.25, -0.2) is 0 Å². The number of hydrogen-bond acceptors (Lipinski definition) is 4. The molecule has 182 valence electrons. The van der Waals surface area contributed by atoms with Gasteiger partial charge in [-0.05, 0) is 50.2 Å². The Labute approximate surface area is 211 Å². The Bertz CT molecular complexity index is 700. The molecule has 1 saturated heterocycles. The zero-order valence-electron chi connectivity index (χ0n) is 20.3. The third kappa shape index (κ3) is 6.58. The maximum absolute atomic E-state index is 9.67. The highest BCUT2D eigenvalue weighted by Gasteiger charge is 2.53. The van der Waals surface area contributed by atoms with E-state index in [0.29, 0.717) is 12.1 Å². The fourth-order valence-corrected chi connectivity index (χ4v) is 5.23. The van der Waals surface area contributed by atoms with E-state index >= 15 is 0 Å². The smallest absolute Gasteiger partial charge is 0.191 e. The Morgan fingerprint density at radius 3 is 2.31 bits per heavy atom. The van der Waals surface area contributed by atoms with Crippen molar-refractivity contribution in [3.05, 3.63) is 35.4 Å². The highest BCUT2D eigenvalue weighted by Crippen LogP contribution is 2.48. The van der Waals surface area contributed by atoms with Gasteiger partial charge in [0.05, 0.1) is 12.2 Å². The number of guanidine groups is 1. The number of aliphatic hydroxyl groups excluding tert-OH is 1. The van der Waals surface area contributed by atoms with Crippen LogP contribution in [0.3, 0.4) is 0 Å². The molecule has 3 rings (SSSR count). The number of hydrogen-bond donors (Lipinski definition) is 3. The third-order valence-electron chi connectivity index (χ3n) is 7.45. The van der Waals surface area contributed by atoms with E-state index < -0.39 is 0 Å². The van der Waals surface area contributed by atoms with Crippen LogP contribution in [0, 0.1) is 5.41 Å². The first-order valence-corrected chi connectivity index (χ1v) is 12.1. The Kier molecular flexibility index (Phi) is 11.2. The molecule has 32 heavy (non-hydrogen) atoms. The topological polar surface area (TPSA) is 69.1 Å². The Balaban J connectivity index is 0.00000363. The van der Waals surface area contributed by atoms with Crippen molar-refractivity contribution in [2.75, 3.05) is 26.7 Å². The van der Waals surface area contributed by atoms with Crippen LogP contribution in [0.5, 0.6) is 0 Å². The monoisotopic (exact) mass is 558 g/mol. The lowest BCUT2D eigenvalue weighted by atomic mass is 9.58. The van der Waals surface area contributed by atoms with Crippen LogP contribution in [0.25, 0.3) is 0 Å². The van der Waals surface area contributed by atoms with E-state index in [9.17, 15) is 5.11 Å². The summed E-state index contributed by atoms with van der Waals surface area (Å²) in [7, 11) is 1.84. The van der Waals surface area contributed by atoms with Crippen molar-refractivity contribution in [2.24, 2.45) is 10.4 Å². The van der Waals surface area contributed by atoms with E-state index in [1.807, 2.05) is 7.05 Å². The van der Waals surface area contributed by atoms with Crippen LogP contribution in [0.1, 0.15) is 64.0 Å². The summed E-state index contributed by atoms with van der Waals surface area (Å²) in [5, 5.41) is 16.8. The molecule has 2 aliphatic rings. The van der Waals surface area contributed by atoms with Crippen molar-refractivity contribution in [1.29, 1.82) is 0 Å². The largest absolute Gasteiger partial charge is 0.393 e. The third-order valence-corrected chi connectivity index (χ3v) is 7.45. The van der Waals surface area contributed by atoms with E-state index in [4.69, 9.17) is 4.74 Å². The van der Waals surface area contributed by atoms with Crippen LogP contribution in [0.15, 0.2) is 29.3 Å². The molecule has 2 atom stereocenters. The maximum atomic E-state index is 9.67. The average molecular weight is 559 g/mol. The molecule has 1 heterocycles. The molecule has 1 aliphatic heterocycles. The van der Waals surface area contributed by atoms with Crippen LogP contribution in [0.2, 0.25) is 0 Å². The molecular formula is C25H43IN4O2. The van der Waals surface area contributed by atoms with Crippen molar-refractivity contribution >= 4 is 29.9 Å². The standard InChI is InChI=1S/C25H42N4O2.HI/c1-5-25(6-2)22(16-23(25)31-7-3)28-24(26-4)27-17-19-8-10-20(11-9-19)18-29-14-12-21(30)13-15-29;/h8-11,21-23,30H,5-7,12-18H2,1-4H3,(H2,26,27,28);1H. The van der Waals surface area contributed by atoms with Gasteiger partial charge in [-0.3, -0.25) is 9.89 Å². The van der Waals surface area contributed by atoms with Crippen molar-refractivity contribution in [1.82, 2.24) is 15.5 Å². The lowest BCUT2D eigenvalue weighted by molar-refractivity contribution is -0.133. The summed E-state index contributed by atoms with van der Waals surface area (Å²) in [5.41, 5.74) is 2.77. The van der Waals surface area contributed by atoms with Gasteiger partial charge < -0.3 is 20.5 Å². The van der Waals surface area contributed by atoms with E-state index in [0.717, 1.165) is 70.8 Å². The molecule has 1 aromatic rings. The molecule has 1 saturated carbocycles. The average Bonchev–Trinajstić information content (AvgIpc) is 2.78. The van der Waals surface area contributed by atoms with Crippen molar-refractivity contribution in [3.63, 3.8) is 0 Å². The van der Waals surface area contributed by atoms with E-state index in [1.165, 1.54) is 11.1 Å². The number of nitrogens with zero attached hydrogens (tertiary/aromatic N) is 2. The molecule has 0 aromatic heterocycles. The Morgan fingerprint density at radius 1 is 1.12 bits per heavy atom. The molecule has 2 fully saturated rings. The predicted octanol–water partition coefficient (Wildman–Crippen LogP) is 3.91. The van der Waals surface area contributed by atoms with Gasteiger partial charge in [0.25, 0.3) is 0 Å². The molecule has 0 spiro atoms. The SMILES string of the molecule is CCOC1CC(NC(=NC)NCc2ccc(CN3CCC(O)CC3)cc2)C1(CC)CC.I. The summed E-state index contributed by atoms with van der Waals surface area (Å²) in [6.45, 7) is 11.1. The summed E-state index contributed by atoms with van der Waals surface area (Å²) in [4.78, 5) is 6.88. The quantitative estimate of drug-likeness (QED) is 0.244. The van der Waals surface area contributed by atoms with Gasteiger partial charge in [0.1, 0.15) is 0 Å². The minimum absolute atomic E-state index is 0. The van der Waals surface area contributed by atoms with Gasteiger partial charge in [0.15, 0.2) is 5.96 Å². The van der Waals surface area contributed by atoms with Crippen molar-refractivity contribution in [2.45, 2.75) is 84.2 Å². The summed E-state index contributed by atoms with van der Waals surface area (Å²) in [6, 6.07) is 9.23. The summed E-state index contributed by atoms with van der Waals surface area (Å²) in [6.07, 6.45) is 5.27. The first kappa shape index (κ1) is 27.3. The fraction of sp³-hybridized carbons (Fsp3) is 0.720. The number of aliphatic hydroxyl groups is 1. The number of nitrogens with one attached hydrogen (secondary N) is 2. The fourth-order valence-electron chi connectivity index (χ4n) is 5.23. The molecule has 1 aromatic carbocycles. The number of aliphatic imine (C=N–C) groups is 1. The molecule has 3 N–H and O–H groups in total. The second-order valence-electron chi connectivity index (χ2n) is 9.07. The predicted molar refractivity (Wildman–Crippen MR) is 143 cm³/mol. The van der Waals surface area contributed by atoms with Gasteiger partial charge in [-0.2, -0.15) is 0 Å². The van der Waals surface area contributed by atoms with Gasteiger partial charge in [0.2, 0.25) is 0 Å². The van der Waals surface area contributed by atoms with Gasteiger partial charge in [-0.1, -0.05) is 38.1 Å². The first-order valence-electron chi connectivity index (χ1n) is 12.1. The first-order chi connectivity index (χ1) is 15.0. The highest BCUT2D eigenvalue weighted by atomic mass is 127. The van der Waals surface area contributed by atoms with Crippen molar-refractivity contribution < 1.29 is 9.84 Å². The summed E-state index contributed by atoms with van der Waals surface area (Å²) in [5.74, 6) is 0.863. The number of benzene rings is 1. The molecular weight excluding hydrogens is 515 g/mol. The number of rotatable bonds is 9. The minimum Gasteiger partial charge on any atom is -0.393 e. The molecule has 6 nitrogen and oxygen atoms in total. The van der Waals surface area contributed by atoms with Crippen LogP contribution < -0.4 is 10.6 Å². The summed E-state index contributed by atoms with van der Waals surface area (Å²) >= 11 is 0. The second kappa shape index (κ2) is 13.1. The van der Waals surface area contributed by atoms with Gasteiger partial charge in [-0.15, -0.1) is 24.0 Å². The highest BCUT2D eigenvalue weighted by molar-refractivity contribution is 14.0. The van der Waals surface area contributed by atoms with Gasteiger partial charge >= 0.3 is 0 Å². The van der Waals surface area contributed by atoms with E-state index in [-0.39, 0.29) is 35.5 Å². The number of piperidine rings is 1. The van der Waals surface area contributed by atoms with Crippen molar-refractivity contribution in [3.8, 4) is 0 Å². The van der Waals surface area contributed by atoms with E-state index in [1.54, 1.807) is 0 Å². The Hall–Kier alpha value is -0.900. The van der Waals surface area contributed by atoms with Crippen LogP contribution >= 0.6 is 24.0 Å². The Morgan fingerprint density at radius 2 is 1.75 bits per heavy atom. The molecule has 0 amide bonds.